The number of hydrogen-bond donors (Lipinski definition) is 2. The summed E-state index contributed by atoms with van der Waals surface area (Å²) in [6.45, 7) is 0.735. The van der Waals surface area contributed by atoms with Crippen molar-refractivity contribution in [2.24, 2.45) is 5.73 Å². The molecule has 1 unspecified atom stereocenters. The maximum Gasteiger partial charge on any atom is 0.242 e. The standard InChI is InChI=1S/C14H18FN3OS/c1-17-14(19)12-4-2-3-7-18(12)11-6-5-9(15)8-10(11)13(16)20/h5-6,8,12H,2-4,7H2,1H3,(H2,16,20)(H,17,19). The minimum Gasteiger partial charge on any atom is -0.389 e. The molecule has 1 aliphatic heterocycles. The van der Waals surface area contributed by atoms with Gasteiger partial charge < -0.3 is 16.0 Å². The topological polar surface area (TPSA) is 58.4 Å². The molecule has 1 heterocycles. The van der Waals surface area contributed by atoms with Crippen molar-refractivity contribution in [3.63, 3.8) is 0 Å². The Morgan fingerprint density at radius 3 is 2.90 bits per heavy atom. The van der Waals surface area contributed by atoms with E-state index >= 15 is 0 Å². The number of likely N-dealkylation sites (N-methyl/N-ethyl adjacent to an activating group) is 1. The van der Waals surface area contributed by atoms with Crippen molar-refractivity contribution in [2.45, 2.75) is 25.3 Å². The molecule has 1 atom stereocenters. The van der Waals surface area contributed by atoms with Crippen LogP contribution in [0.5, 0.6) is 0 Å². The van der Waals surface area contributed by atoms with Crippen LogP contribution in [0.2, 0.25) is 0 Å². The molecule has 0 radical (unpaired) electrons. The quantitative estimate of drug-likeness (QED) is 0.831. The Bertz CT molecular complexity index is 535. The lowest BCUT2D eigenvalue weighted by molar-refractivity contribution is -0.122. The highest BCUT2D eigenvalue weighted by Crippen LogP contribution is 2.28. The molecular weight excluding hydrogens is 277 g/mol. The lowest BCUT2D eigenvalue weighted by Gasteiger charge is -2.37. The van der Waals surface area contributed by atoms with Gasteiger partial charge in [0.25, 0.3) is 0 Å². The maximum absolute atomic E-state index is 13.4. The fourth-order valence-electron chi connectivity index (χ4n) is 2.62. The molecule has 108 valence electrons. The number of nitrogens with zero attached hydrogens (tertiary/aromatic N) is 1. The number of carbonyl (C=O) groups excluding carboxylic acids is 1. The van der Waals surface area contributed by atoms with Crippen molar-refractivity contribution < 1.29 is 9.18 Å². The number of nitrogens with two attached hydrogens (primary N) is 1. The fourth-order valence-corrected chi connectivity index (χ4v) is 2.78. The van der Waals surface area contributed by atoms with Gasteiger partial charge in [-0.1, -0.05) is 12.2 Å². The van der Waals surface area contributed by atoms with Crippen LogP contribution >= 0.6 is 12.2 Å². The van der Waals surface area contributed by atoms with Crippen molar-refractivity contribution in [1.82, 2.24) is 5.32 Å². The van der Waals surface area contributed by atoms with Crippen LogP contribution in [0.4, 0.5) is 10.1 Å². The van der Waals surface area contributed by atoms with Crippen LogP contribution in [-0.4, -0.2) is 30.5 Å². The summed E-state index contributed by atoms with van der Waals surface area (Å²) < 4.78 is 13.4. The van der Waals surface area contributed by atoms with Gasteiger partial charge in [-0.15, -0.1) is 0 Å². The van der Waals surface area contributed by atoms with E-state index in [1.165, 1.54) is 12.1 Å². The molecular formula is C14H18FN3OS. The summed E-state index contributed by atoms with van der Waals surface area (Å²) >= 11 is 5.00. The van der Waals surface area contributed by atoms with E-state index in [4.69, 9.17) is 18.0 Å². The summed E-state index contributed by atoms with van der Waals surface area (Å²) in [6, 6.07) is 4.08. The second-order valence-corrected chi connectivity index (χ2v) is 5.28. The average molecular weight is 295 g/mol. The van der Waals surface area contributed by atoms with Crippen LogP contribution in [0.3, 0.4) is 0 Å². The normalized spacial score (nSPS) is 18.7. The zero-order chi connectivity index (χ0) is 14.7. The maximum atomic E-state index is 13.4. The summed E-state index contributed by atoms with van der Waals surface area (Å²) in [4.78, 5) is 14.1. The number of piperidine rings is 1. The van der Waals surface area contributed by atoms with Gasteiger partial charge in [0.05, 0.1) is 0 Å². The molecule has 20 heavy (non-hydrogen) atoms. The third kappa shape index (κ3) is 2.90. The summed E-state index contributed by atoms with van der Waals surface area (Å²) in [6.07, 6.45) is 2.76. The van der Waals surface area contributed by atoms with E-state index in [1.807, 2.05) is 4.90 Å². The van der Waals surface area contributed by atoms with E-state index < -0.39 is 0 Å². The third-order valence-electron chi connectivity index (χ3n) is 3.59. The first-order valence-corrected chi connectivity index (χ1v) is 7.03. The molecule has 0 spiro atoms. The van der Waals surface area contributed by atoms with Crippen LogP contribution in [-0.2, 0) is 4.79 Å². The van der Waals surface area contributed by atoms with Crippen LogP contribution < -0.4 is 16.0 Å². The number of benzene rings is 1. The molecule has 4 nitrogen and oxygen atoms in total. The Hall–Kier alpha value is -1.69. The van der Waals surface area contributed by atoms with Crippen LogP contribution in [0.1, 0.15) is 24.8 Å². The third-order valence-corrected chi connectivity index (χ3v) is 3.81. The number of amides is 1. The predicted molar refractivity (Wildman–Crippen MR) is 81.3 cm³/mol. The summed E-state index contributed by atoms with van der Waals surface area (Å²) in [5, 5.41) is 2.68. The van der Waals surface area contributed by atoms with Gasteiger partial charge in [0.2, 0.25) is 5.91 Å². The first kappa shape index (κ1) is 14.7. The van der Waals surface area contributed by atoms with Gasteiger partial charge in [-0.05, 0) is 37.5 Å². The van der Waals surface area contributed by atoms with Crippen molar-refractivity contribution in [2.75, 3.05) is 18.5 Å². The van der Waals surface area contributed by atoms with Gasteiger partial charge in [-0.3, -0.25) is 4.79 Å². The Labute approximate surface area is 123 Å². The van der Waals surface area contributed by atoms with Gasteiger partial charge in [0, 0.05) is 24.8 Å². The predicted octanol–water partition coefficient (Wildman–Crippen LogP) is 1.56. The number of thiocarbonyl (C=S) groups is 1. The molecule has 2 rings (SSSR count). The van der Waals surface area contributed by atoms with Gasteiger partial charge in [-0.2, -0.15) is 0 Å². The van der Waals surface area contributed by atoms with E-state index in [1.54, 1.807) is 13.1 Å². The zero-order valence-electron chi connectivity index (χ0n) is 11.4. The molecule has 1 saturated heterocycles. The molecule has 1 aliphatic rings. The van der Waals surface area contributed by atoms with E-state index in [9.17, 15) is 9.18 Å². The van der Waals surface area contributed by atoms with Gasteiger partial charge in [0.15, 0.2) is 0 Å². The number of nitrogens with one attached hydrogen (secondary N) is 1. The zero-order valence-corrected chi connectivity index (χ0v) is 12.2. The van der Waals surface area contributed by atoms with Crippen molar-refractivity contribution in [1.29, 1.82) is 0 Å². The largest absolute Gasteiger partial charge is 0.389 e. The summed E-state index contributed by atoms with van der Waals surface area (Å²) in [5.74, 6) is -0.423. The van der Waals surface area contributed by atoms with Crippen molar-refractivity contribution in [3.05, 3.63) is 29.6 Å². The second-order valence-electron chi connectivity index (χ2n) is 4.84. The van der Waals surface area contributed by atoms with Gasteiger partial charge in [-0.25, -0.2) is 4.39 Å². The molecule has 0 saturated carbocycles. The summed E-state index contributed by atoms with van der Waals surface area (Å²) in [5.41, 5.74) is 6.89. The van der Waals surface area contributed by atoms with Gasteiger partial charge in [0.1, 0.15) is 16.8 Å². The van der Waals surface area contributed by atoms with E-state index in [-0.39, 0.29) is 22.8 Å². The van der Waals surface area contributed by atoms with Crippen LogP contribution in [0, 0.1) is 5.82 Å². The number of hydrogen-bond acceptors (Lipinski definition) is 3. The van der Waals surface area contributed by atoms with Crippen molar-refractivity contribution >= 4 is 28.8 Å². The van der Waals surface area contributed by atoms with Crippen LogP contribution in [0.15, 0.2) is 18.2 Å². The molecule has 1 aromatic carbocycles. The first-order chi connectivity index (χ1) is 9.54. The monoisotopic (exact) mass is 295 g/mol. The molecule has 0 aliphatic carbocycles. The lowest BCUT2D eigenvalue weighted by Crippen LogP contribution is -2.49. The Morgan fingerprint density at radius 2 is 2.25 bits per heavy atom. The molecule has 1 fully saturated rings. The highest BCUT2D eigenvalue weighted by molar-refractivity contribution is 7.80. The number of halogens is 1. The average Bonchev–Trinajstić information content (AvgIpc) is 2.46. The molecule has 3 N–H and O–H groups in total. The van der Waals surface area contributed by atoms with Crippen LogP contribution in [0.25, 0.3) is 0 Å². The molecule has 0 aromatic heterocycles. The van der Waals surface area contributed by atoms with Crippen molar-refractivity contribution in [3.8, 4) is 0 Å². The highest BCUT2D eigenvalue weighted by atomic mass is 32.1. The van der Waals surface area contributed by atoms with Gasteiger partial charge >= 0.3 is 0 Å². The lowest BCUT2D eigenvalue weighted by atomic mass is 9.99. The number of rotatable bonds is 3. The Morgan fingerprint density at radius 1 is 1.50 bits per heavy atom. The van der Waals surface area contributed by atoms with E-state index in [0.717, 1.165) is 31.5 Å². The Kier molecular flexibility index (Phi) is 4.54. The molecule has 0 bridgehead atoms. The van der Waals surface area contributed by atoms with E-state index in [0.29, 0.717) is 5.56 Å². The SMILES string of the molecule is CNC(=O)C1CCCCN1c1ccc(F)cc1C(N)=S. The highest BCUT2D eigenvalue weighted by Gasteiger charge is 2.29. The van der Waals surface area contributed by atoms with E-state index in [2.05, 4.69) is 5.32 Å². The number of carbonyl (C=O) groups is 1. The smallest absolute Gasteiger partial charge is 0.242 e. The molecule has 1 amide bonds. The number of anilines is 1. The fraction of sp³-hybridized carbons (Fsp3) is 0.429. The second kappa shape index (κ2) is 6.17. The molecule has 6 heteroatoms. The minimum atomic E-state index is -0.384. The molecule has 1 aromatic rings. The minimum absolute atomic E-state index is 0.0390. The Balaban J connectivity index is 2.42. The summed E-state index contributed by atoms with van der Waals surface area (Å²) in [7, 11) is 1.62. The first-order valence-electron chi connectivity index (χ1n) is 6.62.